The number of likely N-dealkylation sites (N-methyl/N-ethyl adjacent to an activating group) is 1. The van der Waals surface area contributed by atoms with Crippen molar-refractivity contribution < 1.29 is 23.8 Å². The lowest BCUT2D eigenvalue weighted by atomic mass is 9.86. The Hall–Kier alpha value is -3.30. The first-order chi connectivity index (χ1) is 16.2. The molecule has 0 saturated heterocycles. The molecular weight excluding hydrogens is 441 g/mol. The molecule has 2 aromatic heterocycles. The molecule has 0 saturated carbocycles. The van der Waals surface area contributed by atoms with E-state index in [0.717, 1.165) is 0 Å². The van der Waals surface area contributed by atoms with Crippen molar-refractivity contribution in [3.05, 3.63) is 56.6 Å². The fourth-order valence-corrected chi connectivity index (χ4v) is 4.67. The number of nitrogens with zero attached hydrogens (tertiary/aromatic N) is 3. The van der Waals surface area contributed by atoms with Gasteiger partial charge in [0.15, 0.2) is 5.60 Å². The number of hydrogen-bond acceptors (Lipinski definition) is 7. The molecule has 1 atom stereocenters. The van der Waals surface area contributed by atoms with Gasteiger partial charge in [0, 0.05) is 29.1 Å². The molecule has 0 bridgehead atoms. The van der Waals surface area contributed by atoms with Gasteiger partial charge in [-0.1, -0.05) is 6.92 Å². The van der Waals surface area contributed by atoms with Crippen LogP contribution in [0.1, 0.15) is 35.6 Å². The summed E-state index contributed by atoms with van der Waals surface area (Å²) in [5.41, 5.74) is 0.762. The normalized spacial score (nSPS) is 18.6. The number of benzene rings is 1. The second-order valence-electron chi connectivity index (χ2n) is 9.14. The van der Waals surface area contributed by atoms with Crippen molar-refractivity contribution >= 4 is 16.9 Å². The van der Waals surface area contributed by atoms with Gasteiger partial charge in [-0.3, -0.25) is 4.79 Å². The maximum absolute atomic E-state index is 14.4. The number of aromatic nitrogens is 2. The van der Waals surface area contributed by atoms with Crippen molar-refractivity contribution in [3.8, 4) is 17.1 Å². The number of ether oxygens (including phenoxy) is 2. The van der Waals surface area contributed by atoms with Crippen molar-refractivity contribution in [2.75, 3.05) is 27.2 Å². The Labute approximate surface area is 195 Å². The van der Waals surface area contributed by atoms with Crippen LogP contribution in [0.5, 0.6) is 5.75 Å². The molecule has 0 radical (unpaired) electrons. The number of carbonyl (C=O) groups excluding carboxylic acids is 1. The van der Waals surface area contributed by atoms with Crippen molar-refractivity contribution in [3.63, 3.8) is 0 Å². The number of rotatable bonds is 5. The summed E-state index contributed by atoms with van der Waals surface area (Å²) >= 11 is 0. The van der Waals surface area contributed by atoms with Crippen molar-refractivity contribution in [2.45, 2.75) is 39.0 Å². The molecule has 0 unspecified atom stereocenters. The predicted molar refractivity (Wildman–Crippen MR) is 123 cm³/mol. The van der Waals surface area contributed by atoms with Gasteiger partial charge >= 0.3 is 5.97 Å². The highest BCUT2D eigenvalue weighted by Crippen LogP contribution is 2.43. The Kier molecular flexibility index (Phi) is 5.22. The first kappa shape index (κ1) is 22.5. The predicted octanol–water partition coefficient (Wildman–Crippen LogP) is 2.47. The van der Waals surface area contributed by atoms with E-state index in [1.54, 1.807) is 30.5 Å². The monoisotopic (exact) mass is 467 g/mol. The van der Waals surface area contributed by atoms with Crippen LogP contribution < -0.4 is 10.3 Å². The molecule has 1 N–H and O–H groups in total. The van der Waals surface area contributed by atoms with E-state index in [-0.39, 0.29) is 42.1 Å². The average Bonchev–Trinajstić information content (AvgIpc) is 3.16. The first-order valence-corrected chi connectivity index (χ1v) is 11.2. The molecule has 9 heteroatoms. The fourth-order valence-electron chi connectivity index (χ4n) is 4.67. The Balaban J connectivity index is 1.76. The molecule has 2 aliphatic heterocycles. The Morgan fingerprint density at radius 2 is 2.03 bits per heavy atom. The zero-order valence-electron chi connectivity index (χ0n) is 19.6. The summed E-state index contributed by atoms with van der Waals surface area (Å²) in [4.78, 5) is 32.5. The minimum absolute atomic E-state index is 0.0586. The average molecular weight is 467 g/mol. The standard InChI is InChI=1S/C25H26FN3O5/c1-5-25(32)17-9-20-21-15(11-29(20)23(30)16(17)12-34-24(25)31)22(33-7-6-28(3)4)14-8-13(2)18(26)10-19(14)27-21/h8-10,32H,5-7,11-12H2,1-4H3/t25-/m0/s1. The van der Waals surface area contributed by atoms with Crippen LogP contribution in [0.2, 0.25) is 0 Å². The van der Waals surface area contributed by atoms with Crippen LogP contribution in [-0.2, 0) is 28.3 Å². The summed E-state index contributed by atoms with van der Waals surface area (Å²) in [6.45, 7) is 4.42. The van der Waals surface area contributed by atoms with E-state index in [1.165, 1.54) is 6.07 Å². The molecule has 0 fully saturated rings. The van der Waals surface area contributed by atoms with Crippen LogP contribution in [0.15, 0.2) is 23.0 Å². The number of aliphatic hydroxyl groups is 1. The maximum atomic E-state index is 14.4. The Morgan fingerprint density at radius 1 is 1.26 bits per heavy atom. The van der Waals surface area contributed by atoms with Gasteiger partial charge < -0.3 is 24.0 Å². The molecule has 2 aliphatic rings. The van der Waals surface area contributed by atoms with E-state index >= 15 is 0 Å². The van der Waals surface area contributed by atoms with Gasteiger partial charge in [-0.25, -0.2) is 14.2 Å². The van der Waals surface area contributed by atoms with E-state index in [4.69, 9.17) is 14.5 Å². The lowest BCUT2D eigenvalue weighted by molar-refractivity contribution is -0.172. The topological polar surface area (TPSA) is 93.9 Å². The van der Waals surface area contributed by atoms with Gasteiger partial charge in [-0.05, 0) is 45.1 Å². The molecule has 1 aromatic carbocycles. The van der Waals surface area contributed by atoms with Crippen LogP contribution in [0.3, 0.4) is 0 Å². The lowest BCUT2D eigenvalue weighted by Crippen LogP contribution is -2.44. The number of halogens is 1. The van der Waals surface area contributed by atoms with Gasteiger partial charge in [-0.15, -0.1) is 0 Å². The summed E-state index contributed by atoms with van der Waals surface area (Å²) in [6.07, 6.45) is 0.0586. The quantitative estimate of drug-likeness (QED) is 0.451. The molecule has 4 heterocycles. The zero-order chi connectivity index (χ0) is 24.4. The van der Waals surface area contributed by atoms with E-state index in [0.29, 0.717) is 52.3 Å². The summed E-state index contributed by atoms with van der Waals surface area (Å²) in [5.74, 6) is -0.603. The third kappa shape index (κ3) is 3.22. The number of fused-ring (bicyclic) bond motifs is 5. The van der Waals surface area contributed by atoms with Crippen molar-refractivity contribution in [2.24, 2.45) is 0 Å². The molecule has 0 spiro atoms. The molecular formula is C25H26FN3O5. The minimum atomic E-state index is -1.91. The number of carbonyl (C=O) groups is 1. The van der Waals surface area contributed by atoms with Gasteiger partial charge in [0.25, 0.3) is 5.56 Å². The summed E-state index contributed by atoms with van der Waals surface area (Å²) in [6, 6.07) is 4.71. The largest absolute Gasteiger partial charge is 0.491 e. The smallest absolute Gasteiger partial charge is 0.343 e. The van der Waals surface area contributed by atoms with Gasteiger partial charge in [0.05, 0.1) is 29.0 Å². The number of esters is 1. The highest BCUT2D eigenvalue weighted by molar-refractivity contribution is 5.92. The van der Waals surface area contributed by atoms with Gasteiger partial charge in [0.1, 0.15) is 24.8 Å². The Morgan fingerprint density at radius 3 is 2.74 bits per heavy atom. The second kappa shape index (κ2) is 7.89. The van der Waals surface area contributed by atoms with Crippen LogP contribution >= 0.6 is 0 Å². The van der Waals surface area contributed by atoms with Crippen molar-refractivity contribution in [1.29, 1.82) is 0 Å². The van der Waals surface area contributed by atoms with E-state index in [2.05, 4.69) is 0 Å². The van der Waals surface area contributed by atoms with E-state index < -0.39 is 11.6 Å². The van der Waals surface area contributed by atoms with Gasteiger partial charge in [0.2, 0.25) is 0 Å². The van der Waals surface area contributed by atoms with Crippen molar-refractivity contribution in [1.82, 2.24) is 14.5 Å². The van der Waals surface area contributed by atoms with Gasteiger partial charge in [-0.2, -0.15) is 0 Å². The van der Waals surface area contributed by atoms with Crippen LogP contribution in [0.25, 0.3) is 22.3 Å². The number of aryl methyl sites for hydroxylation is 1. The third-order valence-corrected chi connectivity index (χ3v) is 6.70. The summed E-state index contributed by atoms with van der Waals surface area (Å²) < 4.78 is 27.3. The maximum Gasteiger partial charge on any atom is 0.343 e. The van der Waals surface area contributed by atoms with Crippen LogP contribution in [-0.4, -0.2) is 52.8 Å². The SMILES string of the molecule is CC[C@@]1(O)C(=O)OCc2c1cc1n(c2=O)Cc2c-1nc1cc(F)c(C)cc1c2OCCN(C)C. The molecule has 8 nitrogen and oxygen atoms in total. The number of pyridine rings is 2. The fraction of sp³-hybridized carbons (Fsp3) is 0.400. The molecule has 0 aliphatic carbocycles. The molecule has 5 rings (SSSR count). The molecule has 0 amide bonds. The lowest BCUT2D eigenvalue weighted by Gasteiger charge is -2.31. The summed E-state index contributed by atoms with van der Waals surface area (Å²) in [7, 11) is 3.88. The first-order valence-electron chi connectivity index (χ1n) is 11.2. The molecule has 178 valence electrons. The molecule has 34 heavy (non-hydrogen) atoms. The number of cyclic esters (lactones) is 1. The third-order valence-electron chi connectivity index (χ3n) is 6.70. The van der Waals surface area contributed by atoms with Crippen LogP contribution in [0, 0.1) is 12.7 Å². The van der Waals surface area contributed by atoms with Crippen LogP contribution in [0.4, 0.5) is 4.39 Å². The molecule has 3 aromatic rings. The highest BCUT2D eigenvalue weighted by atomic mass is 19.1. The Bertz CT molecular complexity index is 1410. The number of hydrogen-bond donors (Lipinski definition) is 1. The van der Waals surface area contributed by atoms with E-state index in [1.807, 2.05) is 19.0 Å². The minimum Gasteiger partial charge on any atom is -0.491 e. The second-order valence-corrected chi connectivity index (χ2v) is 9.14. The zero-order valence-corrected chi connectivity index (χ0v) is 19.6. The highest BCUT2D eigenvalue weighted by Gasteiger charge is 2.45. The van der Waals surface area contributed by atoms with E-state index in [9.17, 15) is 19.1 Å². The summed E-state index contributed by atoms with van der Waals surface area (Å²) in [5, 5.41) is 11.7.